The summed E-state index contributed by atoms with van der Waals surface area (Å²) in [6.45, 7) is 2.06. The molecule has 1 fully saturated rings. The van der Waals surface area contributed by atoms with Crippen LogP contribution in [0.5, 0.6) is 0 Å². The fourth-order valence-corrected chi connectivity index (χ4v) is 2.02. The van der Waals surface area contributed by atoms with Gasteiger partial charge in [0.15, 0.2) is 0 Å². The Kier molecular flexibility index (Phi) is 1.65. The van der Waals surface area contributed by atoms with Crippen molar-refractivity contribution in [1.29, 1.82) is 0 Å². The topological polar surface area (TPSA) is 33.1 Å². The van der Waals surface area contributed by atoms with E-state index in [0.717, 1.165) is 23.8 Å². The molecule has 0 amide bonds. The van der Waals surface area contributed by atoms with Crippen LogP contribution in [0.1, 0.15) is 24.0 Å². The van der Waals surface area contributed by atoms with Crippen molar-refractivity contribution >= 4 is 10.8 Å². The smallest absolute Gasteiger partial charge is 0.0899 e. The predicted octanol–water partition coefficient (Wildman–Crippen LogP) is 2.52. The maximum absolute atomic E-state index is 10.0. The lowest BCUT2D eigenvalue weighted by Crippen LogP contribution is -2.03. The van der Waals surface area contributed by atoms with Gasteiger partial charge in [-0.3, -0.25) is 4.98 Å². The zero-order chi connectivity index (χ0) is 10.5. The lowest BCUT2D eigenvalue weighted by atomic mass is 10.0. The van der Waals surface area contributed by atoms with E-state index >= 15 is 0 Å². The van der Waals surface area contributed by atoms with Crippen molar-refractivity contribution in [3.05, 3.63) is 41.7 Å². The van der Waals surface area contributed by atoms with Crippen LogP contribution < -0.4 is 0 Å². The first-order valence-electron chi connectivity index (χ1n) is 5.26. The Hall–Kier alpha value is -1.41. The van der Waals surface area contributed by atoms with Gasteiger partial charge in [0, 0.05) is 17.8 Å². The molecule has 0 radical (unpaired) electrons. The van der Waals surface area contributed by atoms with Gasteiger partial charge in [-0.1, -0.05) is 12.1 Å². The highest BCUT2D eigenvalue weighted by molar-refractivity contribution is 5.85. The maximum atomic E-state index is 10.0. The van der Waals surface area contributed by atoms with Gasteiger partial charge in [0.25, 0.3) is 0 Å². The Morgan fingerprint density at radius 1 is 1.27 bits per heavy atom. The molecule has 0 bridgehead atoms. The minimum atomic E-state index is -0.544. The molecule has 1 aromatic carbocycles. The van der Waals surface area contributed by atoms with Crippen molar-refractivity contribution in [3.63, 3.8) is 0 Å². The molecule has 0 unspecified atom stereocenters. The molecule has 1 saturated carbocycles. The average Bonchev–Trinajstić information content (AvgIpc) is 2.98. The molecule has 15 heavy (non-hydrogen) atoms. The molecule has 1 aliphatic carbocycles. The molecule has 1 aromatic heterocycles. The van der Waals surface area contributed by atoms with Crippen LogP contribution >= 0.6 is 0 Å². The lowest BCUT2D eigenvalue weighted by Gasteiger charge is -2.09. The van der Waals surface area contributed by atoms with E-state index < -0.39 is 5.60 Å². The number of hydrogen-bond donors (Lipinski definition) is 1. The van der Waals surface area contributed by atoms with Crippen molar-refractivity contribution in [2.45, 2.75) is 25.4 Å². The van der Waals surface area contributed by atoms with Gasteiger partial charge in [0.1, 0.15) is 0 Å². The highest BCUT2D eigenvalue weighted by Crippen LogP contribution is 2.45. The van der Waals surface area contributed by atoms with Crippen LogP contribution in [-0.2, 0) is 5.60 Å². The molecule has 1 N–H and O–H groups in total. The second-order valence-corrected chi connectivity index (χ2v) is 4.42. The van der Waals surface area contributed by atoms with Gasteiger partial charge in [-0.25, -0.2) is 0 Å². The van der Waals surface area contributed by atoms with Crippen LogP contribution in [0.3, 0.4) is 0 Å². The third-order valence-corrected chi connectivity index (χ3v) is 3.22. The van der Waals surface area contributed by atoms with Crippen molar-refractivity contribution in [1.82, 2.24) is 4.98 Å². The van der Waals surface area contributed by atoms with Crippen molar-refractivity contribution in [2.24, 2.45) is 0 Å². The highest BCUT2D eigenvalue weighted by Gasteiger charge is 2.42. The molecule has 0 saturated heterocycles. The maximum Gasteiger partial charge on any atom is 0.0899 e. The minimum absolute atomic E-state index is 0.544. The molecule has 2 nitrogen and oxygen atoms in total. The second-order valence-electron chi connectivity index (χ2n) is 4.42. The Morgan fingerprint density at radius 2 is 2.07 bits per heavy atom. The van der Waals surface area contributed by atoms with Crippen LogP contribution in [0.4, 0.5) is 0 Å². The number of pyridine rings is 1. The van der Waals surface area contributed by atoms with E-state index in [0.29, 0.717) is 0 Å². The zero-order valence-electron chi connectivity index (χ0n) is 8.70. The summed E-state index contributed by atoms with van der Waals surface area (Å²) in [5.74, 6) is 0. The molecule has 1 aliphatic rings. The van der Waals surface area contributed by atoms with Crippen LogP contribution in [0.15, 0.2) is 30.6 Å². The molecule has 0 spiro atoms. The van der Waals surface area contributed by atoms with E-state index in [2.05, 4.69) is 24.0 Å². The van der Waals surface area contributed by atoms with Crippen LogP contribution in [0.2, 0.25) is 0 Å². The summed E-state index contributed by atoms with van der Waals surface area (Å²) in [5, 5.41) is 12.3. The van der Waals surface area contributed by atoms with Crippen LogP contribution in [0, 0.1) is 6.92 Å². The molecule has 0 atom stereocenters. The first-order valence-corrected chi connectivity index (χ1v) is 5.26. The van der Waals surface area contributed by atoms with Gasteiger partial charge in [-0.2, -0.15) is 0 Å². The van der Waals surface area contributed by atoms with E-state index in [-0.39, 0.29) is 0 Å². The fraction of sp³-hybridized carbons (Fsp3) is 0.308. The molecule has 1 heterocycles. The van der Waals surface area contributed by atoms with Crippen LogP contribution in [-0.4, -0.2) is 10.1 Å². The van der Waals surface area contributed by atoms with E-state index in [1.807, 2.05) is 18.5 Å². The molecular weight excluding hydrogens is 186 g/mol. The third-order valence-electron chi connectivity index (χ3n) is 3.22. The van der Waals surface area contributed by atoms with Crippen molar-refractivity contribution in [3.8, 4) is 0 Å². The van der Waals surface area contributed by atoms with E-state index in [1.165, 1.54) is 10.9 Å². The number of benzene rings is 1. The zero-order valence-corrected chi connectivity index (χ0v) is 8.70. The van der Waals surface area contributed by atoms with Gasteiger partial charge in [-0.05, 0) is 42.3 Å². The number of aliphatic hydroxyl groups is 1. The number of nitrogens with zero attached hydrogens (tertiary/aromatic N) is 1. The second kappa shape index (κ2) is 2.80. The summed E-state index contributed by atoms with van der Waals surface area (Å²) in [4.78, 5) is 4.17. The number of fused-ring (bicyclic) bond motifs is 1. The Bertz CT molecular complexity index is 529. The van der Waals surface area contributed by atoms with E-state index in [1.54, 1.807) is 0 Å². The van der Waals surface area contributed by atoms with Gasteiger partial charge in [-0.15, -0.1) is 0 Å². The summed E-state index contributed by atoms with van der Waals surface area (Å²) in [7, 11) is 0. The summed E-state index contributed by atoms with van der Waals surface area (Å²) >= 11 is 0. The van der Waals surface area contributed by atoms with E-state index in [9.17, 15) is 5.11 Å². The van der Waals surface area contributed by atoms with Gasteiger partial charge >= 0.3 is 0 Å². The highest BCUT2D eigenvalue weighted by atomic mass is 16.3. The fourth-order valence-electron chi connectivity index (χ4n) is 2.02. The SMILES string of the molecule is Cc1cncc2cc(C3(O)CC3)ccc12. The molecule has 2 aromatic rings. The first kappa shape index (κ1) is 8.86. The Morgan fingerprint density at radius 3 is 2.80 bits per heavy atom. The third kappa shape index (κ3) is 1.33. The quantitative estimate of drug-likeness (QED) is 0.765. The van der Waals surface area contributed by atoms with Gasteiger partial charge in [0.2, 0.25) is 0 Å². The lowest BCUT2D eigenvalue weighted by molar-refractivity contribution is 0.151. The predicted molar refractivity (Wildman–Crippen MR) is 59.6 cm³/mol. The van der Waals surface area contributed by atoms with Crippen molar-refractivity contribution < 1.29 is 5.11 Å². The normalized spacial score (nSPS) is 18.0. The molecule has 2 heteroatoms. The molecule has 0 aliphatic heterocycles. The van der Waals surface area contributed by atoms with Crippen LogP contribution in [0.25, 0.3) is 10.8 Å². The minimum Gasteiger partial charge on any atom is -0.385 e. The number of aromatic nitrogens is 1. The number of rotatable bonds is 1. The Labute approximate surface area is 88.6 Å². The average molecular weight is 199 g/mol. The summed E-state index contributed by atoms with van der Waals surface area (Å²) in [5.41, 5.74) is 1.67. The Balaban J connectivity index is 2.23. The number of hydrogen-bond acceptors (Lipinski definition) is 2. The summed E-state index contributed by atoms with van der Waals surface area (Å²) < 4.78 is 0. The first-order chi connectivity index (χ1) is 7.19. The summed E-state index contributed by atoms with van der Waals surface area (Å²) in [6.07, 6.45) is 5.50. The largest absolute Gasteiger partial charge is 0.385 e. The van der Waals surface area contributed by atoms with Gasteiger partial charge in [0.05, 0.1) is 5.60 Å². The van der Waals surface area contributed by atoms with Gasteiger partial charge < -0.3 is 5.11 Å². The van der Waals surface area contributed by atoms with Crippen molar-refractivity contribution in [2.75, 3.05) is 0 Å². The molecule has 76 valence electrons. The molecule has 3 rings (SSSR count). The number of aryl methyl sites for hydroxylation is 1. The van der Waals surface area contributed by atoms with E-state index in [4.69, 9.17) is 0 Å². The summed E-state index contributed by atoms with van der Waals surface area (Å²) in [6, 6.07) is 6.17. The standard InChI is InChI=1S/C13H13NO/c1-9-7-14-8-10-6-11(2-3-12(9)10)13(15)4-5-13/h2-3,6-8,15H,4-5H2,1H3. The molecular formula is C13H13NO. The monoisotopic (exact) mass is 199 g/mol.